The van der Waals surface area contributed by atoms with Gasteiger partial charge in [0.15, 0.2) is 0 Å². The summed E-state index contributed by atoms with van der Waals surface area (Å²) in [4.78, 5) is 21.2. The van der Waals surface area contributed by atoms with Gasteiger partial charge in [-0.1, -0.05) is 6.92 Å². The van der Waals surface area contributed by atoms with Gasteiger partial charge in [-0.2, -0.15) is 0 Å². The maximum atomic E-state index is 11.2. The van der Waals surface area contributed by atoms with Crippen LogP contribution in [0.25, 0.3) is 0 Å². The fourth-order valence-corrected chi connectivity index (χ4v) is 2.38. The standard InChI is InChI=1S/C12H17N3O3/c1-7-3-4-15(10(7)6-16)11-9(12(17)18)5-13-8(2)14-11/h5,7,10,16H,3-4,6H2,1-2H3,(H,17,18). The number of carboxylic acids is 1. The van der Waals surface area contributed by atoms with E-state index in [1.165, 1.54) is 6.20 Å². The summed E-state index contributed by atoms with van der Waals surface area (Å²) >= 11 is 0. The van der Waals surface area contributed by atoms with E-state index in [-0.39, 0.29) is 18.2 Å². The normalized spacial score (nSPS) is 23.4. The van der Waals surface area contributed by atoms with Crippen molar-refractivity contribution < 1.29 is 15.0 Å². The Bertz CT molecular complexity index is 464. The summed E-state index contributed by atoms with van der Waals surface area (Å²) in [5.41, 5.74) is 0.0909. The van der Waals surface area contributed by atoms with E-state index >= 15 is 0 Å². The van der Waals surface area contributed by atoms with Crippen molar-refractivity contribution in [2.45, 2.75) is 26.3 Å². The smallest absolute Gasteiger partial charge is 0.341 e. The SMILES string of the molecule is Cc1ncc(C(=O)O)c(N2CCC(C)C2CO)n1. The highest BCUT2D eigenvalue weighted by Crippen LogP contribution is 2.30. The summed E-state index contributed by atoms with van der Waals surface area (Å²) in [7, 11) is 0. The van der Waals surface area contributed by atoms with Crippen LogP contribution in [0.3, 0.4) is 0 Å². The van der Waals surface area contributed by atoms with Gasteiger partial charge in [0.2, 0.25) is 0 Å². The van der Waals surface area contributed by atoms with Crippen molar-refractivity contribution in [1.82, 2.24) is 9.97 Å². The number of carbonyl (C=O) groups is 1. The topological polar surface area (TPSA) is 86.5 Å². The van der Waals surface area contributed by atoms with Crippen LogP contribution in [0.15, 0.2) is 6.20 Å². The van der Waals surface area contributed by atoms with Crippen LogP contribution in [0.2, 0.25) is 0 Å². The molecule has 1 saturated heterocycles. The summed E-state index contributed by atoms with van der Waals surface area (Å²) in [5, 5.41) is 18.6. The first-order chi connectivity index (χ1) is 8.54. The van der Waals surface area contributed by atoms with Crippen LogP contribution in [0.1, 0.15) is 29.5 Å². The lowest BCUT2D eigenvalue weighted by Crippen LogP contribution is -2.37. The summed E-state index contributed by atoms with van der Waals surface area (Å²) in [6, 6.07) is -0.0719. The number of aliphatic hydroxyl groups is 1. The first-order valence-corrected chi connectivity index (χ1v) is 5.99. The molecule has 0 spiro atoms. The van der Waals surface area contributed by atoms with Crippen molar-refractivity contribution in [3.05, 3.63) is 17.6 Å². The number of aromatic nitrogens is 2. The molecule has 1 aromatic heterocycles. The van der Waals surface area contributed by atoms with Crippen LogP contribution < -0.4 is 4.90 Å². The van der Waals surface area contributed by atoms with E-state index in [1.54, 1.807) is 6.92 Å². The Morgan fingerprint density at radius 3 is 2.94 bits per heavy atom. The second-order valence-electron chi connectivity index (χ2n) is 4.67. The number of rotatable bonds is 3. The van der Waals surface area contributed by atoms with Crippen LogP contribution in [0.5, 0.6) is 0 Å². The predicted molar refractivity (Wildman–Crippen MR) is 65.7 cm³/mol. The van der Waals surface area contributed by atoms with E-state index in [9.17, 15) is 15.0 Å². The number of nitrogens with zero attached hydrogens (tertiary/aromatic N) is 3. The third-order valence-electron chi connectivity index (χ3n) is 3.46. The van der Waals surface area contributed by atoms with Gasteiger partial charge in [-0.3, -0.25) is 0 Å². The van der Waals surface area contributed by atoms with Crippen molar-refractivity contribution >= 4 is 11.8 Å². The third kappa shape index (κ3) is 2.15. The summed E-state index contributed by atoms with van der Waals surface area (Å²) < 4.78 is 0. The molecule has 2 rings (SSSR count). The van der Waals surface area contributed by atoms with Gasteiger partial charge in [0.05, 0.1) is 12.6 Å². The summed E-state index contributed by atoms with van der Waals surface area (Å²) in [6.07, 6.45) is 2.25. The Labute approximate surface area is 105 Å². The molecule has 1 aliphatic heterocycles. The third-order valence-corrected chi connectivity index (χ3v) is 3.46. The molecule has 2 heterocycles. The van der Waals surface area contributed by atoms with E-state index in [0.717, 1.165) is 6.42 Å². The van der Waals surface area contributed by atoms with Crippen LogP contribution >= 0.6 is 0 Å². The lowest BCUT2D eigenvalue weighted by atomic mass is 10.0. The van der Waals surface area contributed by atoms with Crippen molar-refractivity contribution in [1.29, 1.82) is 0 Å². The molecule has 6 heteroatoms. The molecule has 1 fully saturated rings. The minimum absolute atomic E-state index is 0.00325. The zero-order valence-electron chi connectivity index (χ0n) is 10.5. The Balaban J connectivity index is 2.43. The van der Waals surface area contributed by atoms with Crippen molar-refractivity contribution in [3.63, 3.8) is 0 Å². The average Bonchev–Trinajstić information content (AvgIpc) is 2.69. The molecule has 98 valence electrons. The zero-order chi connectivity index (χ0) is 13.3. The lowest BCUT2D eigenvalue weighted by molar-refractivity contribution is 0.0696. The largest absolute Gasteiger partial charge is 0.477 e. The van der Waals surface area contributed by atoms with Crippen LogP contribution in [-0.4, -0.2) is 45.3 Å². The van der Waals surface area contributed by atoms with E-state index in [2.05, 4.69) is 16.9 Å². The summed E-state index contributed by atoms with van der Waals surface area (Å²) in [5.74, 6) is 0.234. The molecule has 2 N–H and O–H groups in total. The van der Waals surface area contributed by atoms with E-state index in [1.807, 2.05) is 4.90 Å². The first-order valence-electron chi connectivity index (χ1n) is 5.99. The molecule has 0 bridgehead atoms. The molecule has 0 saturated carbocycles. The minimum Gasteiger partial charge on any atom is -0.477 e. The quantitative estimate of drug-likeness (QED) is 0.822. The highest BCUT2D eigenvalue weighted by molar-refractivity contribution is 5.93. The van der Waals surface area contributed by atoms with Crippen molar-refractivity contribution in [2.24, 2.45) is 5.92 Å². The number of carboxylic acid groups (broad SMARTS) is 1. The molecule has 1 aromatic rings. The van der Waals surface area contributed by atoms with Gasteiger partial charge in [0.1, 0.15) is 17.2 Å². The molecule has 18 heavy (non-hydrogen) atoms. The molecule has 0 amide bonds. The number of aromatic carboxylic acids is 1. The number of aryl methyl sites for hydroxylation is 1. The first kappa shape index (κ1) is 12.8. The second-order valence-corrected chi connectivity index (χ2v) is 4.67. The molecule has 6 nitrogen and oxygen atoms in total. The molecular formula is C12H17N3O3. The second kappa shape index (κ2) is 4.89. The van der Waals surface area contributed by atoms with Gasteiger partial charge in [-0.25, -0.2) is 14.8 Å². The molecule has 2 atom stereocenters. The maximum absolute atomic E-state index is 11.2. The Morgan fingerprint density at radius 2 is 2.33 bits per heavy atom. The average molecular weight is 251 g/mol. The zero-order valence-corrected chi connectivity index (χ0v) is 10.5. The van der Waals surface area contributed by atoms with Crippen LogP contribution in [0, 0.1) is 12.8 Å². The number of hydrogen-bond donors (Lipinski definition) is 2. The van der Waals surface area contributed by atoms with Gasteiger partial charge in [-0.05, 0) is 19.3 Å². The number of anilines is 1. The van der Waals surface area contributed by atoms with Gasteiger partial charge in [-0.15, -0.1) is 0 Å². The van der Waals surface area contributed by atoms with Gasteiger partial charge < -0.3 is 15.1 Å². The van der Waals surface area contributed by atoms with Gasteiger partial charge in [0, 0.05) is 12.7 Å². The lowest BCUT2D eigenvalue weighted by Gasteiger charge is -2.27. The Hall–Kier alpha value is -1.69. The van der Waals surface area contributed by atoms with E-state index in [0.29, 0.717) is 24.1 Å². The summed E-state index contributed by atoms with van der Waals surface area (Å²) in [6.45, 7) is 4.49. The van der Waals surface area contributed by atoms with Crippen LogP contribution in [-0.2, 0) is 0 Å². The van der Waals surface area contributed by atoms with Gasteiger partial charge in [0.25, 0.3) is 0 Å². The Morgan fingerprint density at radius 1 is 1.61 bits per heavy atom. The van der Waals surface area contributed by atoms with Crippen LogP contribution in [0.4, 0.5) is 5.82 Å². The molecule has 2 unspecified atom stereocenters. The minimum atomic E-state index is -1.04. The maximum Gasteiger partial charge on any atom is 0.341 e. The van der Waals surface area contributed by atoms with E-state index in [4.69, 9.17) is 0 Å². The molecule has 0 radical (unpaired) electrons. The number of hydrogen-bond acceptors (Lipinski definition) is 5. The fraction of sp³-hybridized carbons (Fsp3) is 0.583. The van der Waals surface area contributed by atoms with Gasteiger partial charge >= 0.3 is 5.97 Å². The highest BCUT2D eigenvalue weighted by Gasteiger charge is 2.33. The fourth-order valence-electron chi connectivity index (χ4n) is 2.38. The molecule has 0 aliphatic carbocycles. The highest BCUT2D eigenvalue weighted by atomic mass is 16.4. The predicted octanol–water partition coefficient (Wildman–Crippen LogP) is 0.690. The molecule has 1 aliphatic rings. The number of aliphatic hydroxyl groups excluding tert-OH is 1. The molecule has 0 aromatic carbocycles. The monoisotopic (exact) mass is 251 g/mol. The Kier molecular flexibility index (Phi) is 3.47. The van der Waals surface area contributed by atoms with Crippen molar-refractivity contribution in [3.8, 4) is 0 Å². The van der Waals surface area contributed by atoms with Crippen molar-refractivity contribution in [2.75, 3.05) is 18.1 Å². The van der Waals surface area contributed by atoms with E-state index < -0.39 is 5.97 Å². The molecular weight excluding hydrogens is 234 g/mol.